The summed E-state index contributed by atoms with van der Waals surface area (Å²) in [5, 5.41) is 0. The van der Waals surface area contributed by atoms with Crippen molar-refractivity contribution in [2.45, 2.75) is 39.2 Å². The van der Waals surface area contributed by atoms with Gasteiger partial charge in [0.2, 0.25) is 5.91 Å². The largest absolute Gasteiger partial charge is 0.345 e. The smallest absolute Gasteiger partial charge is 0.223 e. The molecule has 0 aliphatic carbocycles. The van der Waals surface area contributed by atoms with Crippen molar-refractivity contribution in [3.63, 3.8) is 0 Å². The van der Waals surface area contributed by atoms with Gasteiger partial charge in [0.1, 0.15) is 5.82 Å². The molecular formula is C17H21N3O. The minimum Gasteiger partial charge on any atom is -0.345 e. The van der Waals surface area contributed by atoms with Gasteiger partial charge < -0.3 is 9.88 Å². The Hall–Kier alpha value is -2.10. The van der Waals surface area contributed by atoms with Gasteiger partial charge in [0.15, 0.2) is 0 Å². The SMILES string of the molecule is Cc1[nH]c([C@@H]2CC(=O)N(C(C)C)C2)nc1-c1ccccc1. The van der Waals surface area contributed by atoms with Gasteiger partial charge in [-0.1, -0.05) is 30.3 Å². The summed E-state index contributed by atoms with van der Waals surface area (Å²) in [6, 6.07) is 10.4. The number of amides is 1. The maximum absolute atomic E-state index is 12.0. The van der Waals surface area contributed by atoms with Crippen LogP contribution in [-0.2, 0) is 4.79 Å². The van der Waals surface area contributed by atoms with E-state index >= 15 is 0 Å². The van der Waals surface area contributed by atoms with Gasteiger partial charge in [-0.3, -0.25) is 4.79 Å². The minimum atomic E-state index is 0.177. The van der Waals surface area contributed by atoms with E-state index in [-0.39, 0.29) is 17.9 Å². The van der Waals surface area contributed by atoms with E-state index < -0.39 is 0 Å². The zero-order valence-corrected chi connectivity index (χ0v) is 12.8. The second-order valence-corrected chi connectivity index (χ2v) is 6.00. The van der Waals surface area contributed by atoms with Crippen LogP contribution in [0, 0.1) is 6.92 Å². The van der Waals surface area contributed by atoms with Crippen molar-refractivity contribution in [1.29, 1.82) is 0 Å². The number of aryl methyl sites for hydroxylation is 1. The van der Waals surface area contributed by atoms with Crippen LogP contribution in [0.5, 0.6) is 0 Å². The summed E-state index contributed by atoms with van der Waals surface area (Å²) in [4.78, 5) is 22.1. The fourth-order valence-electron chi connectivity index (χ4n) is 2.97. The molecular weight excluding hydrogens is 262 g/mol. The monoisotopic (exact) mass is 283 g/mol. The van der Waals surface area contributed by atoms with Crippen molar-refractivity contribution < 1.29 is 4.79 Å². The second-order valence-electron chi connectivity index (χ2n) is 6.00. The second kappa shape index (κ2) is 5.35. The highest BCUT2D eigenvalue weighted by Gasteiger charge is 2.34. The van der Waals surface area contributed by atoms with Crippen molar-refractivity contribution in [3.05, 3.63) is 41.9 Å². The van der Waals surface area contributed by atoms with E-state index in [9.17, 15) is 4.79 Å². The van der Waals surface area contributed by atoms with Crippen molar-refractivity contribution in [2.24, 2.45) is 0 Å². The number of hydrogen-bond donors (Lipinski definition) is 1. The van der Waals surface area contributed by atoms with Crippen LogP contribution in [-0.4, -0.2) is 33.4 Å². The molecule has 2 heterocycles. The number of hydrogen-bond acceptors (Lipinski definition) is 2. The van der Waals surface area contributed by atoms with E-state index in [1.807, 2.05) is 30.0 Å². The van der Waals surface area contributed by atoms with Crippen LogP contribution in [0.1, 0.15) is 37.7 Å². The maximum atomic E-state index is 12.0. The summed E-state index contributed by atoms with van der Waals surface area (Å²) in [6.45, 7) is 6.92. The van der Waals surface area contributed by atoms with Crippen molar-refractivity contribution in [3.8, 4) is 11.3 Å². The normalized spacial score (nSPS) is 18.8. The number of nitrogens with one attached hydrogen (secondary N) is 1. The van der Waals surface area contributed by atoms with Crippen LogP contribution < -0.4 is 0 Å². The average molecular weight is 283 g/mol. The van der Waals surface area contributed by atoms with Gasteiger partial charge in [0.25, 0.3) is 0 Å². The molecule has 0 radical (unpaired) electrons. The predicted octanol–water partition coefficient (Wildman–Crippen LogP) is 3.11. The summed E-state index contributed by atoms with van der Waals surface area (Å²) >= 11 is 0. The maximum Gasteiger partial charge on any atom is 0.223 e. The van der Waals surface area contributed by atoms with E-state index in [1.165, 1.54) is 0 Å². The molecule has 1 fully saturated rings. The van der Waals surface area contributed by atoms with Crippen molar-refractivity contribution in [2.75, 3.05) is 6.54 Å². The molecule has 1 saturated heterocycles. The van der Waals surface area contributed by atoms with Gasteiger partial charge in [-0.05, 0) is 20.8 Å². The number of imidazole rings is 1. The number of carbonyl (C=O) groups is 1. The number of H-pyrrole nitrogens is 1. The molecule has 1 amide bonds. The molecule has 0 bridgehead atoms. The van der Waals surface area contributed by atoms with Crippen LogP contribution in [0.3, 0.4) is 0 Å². The highest BCUT2D eigenvalue weighted by Crippen LogP contribution is 2.30. The summed E-state index contributed by atoms with van der Waals surface area (Å²) < 4.78 is 0. The Morgan fingerprint density at radius 2 is 2.00 bits per heavy atom. The summed E-state index contributed by atoms with van der Waals surface area (Å²) in [6.07, 6.45) is 0.555. The highest BCUT2D eigenvalue weighted by molar-refractivity contribution is 5.80. The Bertz CT molecular complexity index is 645. The Labute approximate surface area is 125 Å². The summed E-state index contributed by atoms with van der Waals surface area (Å²) in [5.41, 5.74) is 3.16. The molecule has 4 nitrogen and oxygen atoms in total. The number of aromatic amines is 1. The van der Waals surface area contributed by atoms with E-state index in [1.54, 1.807) is 0 Å². The Morgan fingerprint density at radius 1 is 1.29 bits per heavy atom. The zero-order valence-electron chi connectivity index (χ0n) is 12.8. The topological polar surface area (TPSA) is 49.0 Å². The third-order valence-corrected chi connectivity index (χ3v) is 4.12. The molecule has 0 spiro atoms. The molecule has 0 unspecified atom stereocenters. The zero-order chi connectivity index (χ0) is 15.0. The van der Waals surface area contributed by atoms with Gasteiger partial charge in [-0.25, -0.2) is 4.98 Å². The molecule has 4 heteroatoms. The summed E-state index contributed by atoms with van der Waals surface area (Å²) in [7, 11) is 0. The standard InChI is InChI=1S/C17H21N3O/c1-11(2)20-10-14(9-15(20)21)17-18-12(3)16(19-17)13-7-5-4-6-8-13/h4-8,11,14H,9-10H2,1-3H3,(H,18,19)/t14-/m1/s1. The molecule has 1 aromatic heterocycles. The molecule has 1 aromatic carbocycles. The lowest BCUT2D eigenvalue weighted by atomic mass is 10.1. The highest BCUT2D eigenvalue weighted by atomic mass is 16.2. The number of nitrogens with zero attached hydrogens (tertiary/aromatic N) is 2. The number of aromatic nitrogens is 2. The van der Waals surface area contributed by atoms with Crippen LogP contribution in [0.25, 0.3) is 11.3 Å². The first-order valence-electron chi connectivity index (χ1n) is 7.47. The predicted molar refractivity (Wildman–Crippen MR) is 83.0 cm³/mol. The van der Waals surface area contributed by atoms with Crippen molar-refractivity contribution >= 4 is 5.91 Å². The minimum absolute atomic E-state index is 0.177. The lowest BCUT2D eigenvalue weighted by Crippen LogP contribution is -2.31. The van der Waals surface area contributed by atoms with Gasteiger partial charge in [0, 0.05) is 36.2 Å². The van der Waals surface area contributed by atoms with Crippen LogP contribution >= 0.6 is 0 Å². The third kappa shape index (κ3) is 2.58. The summed E-state index contributed by atoms with van der Waals surface area (Å²) in [5.74, 6) is 1.34. The van der Waals surface area contributed by atoms with Crippen LogP contribution in [0.15, 0.2) is 30.3 Å². The molecule has 21 heavy (non-hydrogen) atoms. The van der Waals surface area contributed by atoms with Gasteiger partial charge in [-0.15, -0.1) is 0 Å². The Kier molecular flexibility index (Phi) is 3.53. The number of rotatable bonds is 3. The van der Waals surface area contributed by atoms with Gasteiger partial charge in [0.05, 0.1) is 5.69 Å². The van der Waals surface area contributed by atoms with E-state index in [2.05, 4.69) is 31.0 Å². The number of likely N-dealkylation sites (tertiary alicyclic amines) is 1. The molecule has 1 aliphatic heterocycles. The third-order valence-electron chi connectivity index (χ3n) is 4.12. The molecule has 0 saturated carbocycles. The molecule has 1 aliphatic rings. The fraction of sp³-hybridized carbons (Fsp3) is 0.412. The van der Waals surface area contributed by atoms with E-state index in [0.717, 1.165) is 29.3 Å². The van der Waals surface area contributed by atoms with Gasteiger partial charge in [-0.2, -0.15) is 0 Å². The lowest BCUT2D eigenvalue weighted by Gasteiger charge is -2.20. The molecule has 2 aromatic rings. The van der Waals surface area contributed by atoms with Crippen molar-refractivity contribution in [1.82, 2.24) is 14.9 Å². The first kappa shape index (κ1) is 13.9. The fourth-order valence-corrected chi connectivity index (χ4v) is 2.97. The molecule has 1 atom stereocenters. The van der Waals surface area contributed by atoms with Gasteiger partial charge >= 0.3 is 0 Å². The van der Waals surface area contributed by atoms with E-state index in [0.29, 0.717) is 6.42 Å². The Balaban J connectivity index is 1.87. The first-order valence-corrected chi connectivity index (χ1v) is 7.47. The van der Waals surface area contributed by atoms with Crippen LogP contribution in [0.2, 0.25) is 0 Å². The first-order chi connectivity index (χ1) is 10.1. The molecule has 110 valence electrons. The molecule has 1 N–H and O–H groups in total. The molecule has 3 rings (SSSR count). The number of benzene rings is 1. The van der Waals surface area contributed by atoms with E-state index in [4.69, 9.17) is 4.98 Å². The van der Waals surface area contributed by atoms with Crippen LogP contribution in [0.4, 0.5) is 0 Å². The average Bonchev–Trinajstić information content (AvgIpc) is 3.03. The Morgan fingerprint density at radius 3 is 2.62 bits per heavy atom. The quantitative estimate of drug-likeness (QED) is 0.941. The lowest BCUT2D eigenvalue weighted by molar-refractivity contribution is -0.129. The number of carbonyl (C=O) groups excluding carboxylic acids is 1.